The first-order valence-electron chi connectivity index (χ1n) is 6.39. The molecule has 0 amide bonds. The van der Waals surface area contributed by atoms with Gasteiger partial charge in [-0.2, -0.15) is 13.2 Å². The highest BCUT2D eigenvalue weighted by Crippen LogP contribution is 2.33. The molecule has 0 aromatic heterocycles. The summed E-state index contributed by atoms with van der Waals surface area (Å²) in [6.07, 6.45) is -3.83. The summed E-state index contributed by atoms with van der Waals surface area (Å²) in [6.45, 7) is 2.42. The van der Waals surface area contributed by atoms with E-state index in [0.717, 1.165) is 12.3 Å². The summed E-state index contributed by atoms with van der Waals surface area (Å²) in [5, 5.41) is -0.385. The van der Waals surface area contributed by atoms with E-state index in [2.05, 4.69) is 9.44 Å². The molecule has 0 fully saturated rings. The molecule has 0 unspecified atom stereocenters. The van der Waals surface area contributed by atoms with Crippen LogP contribution < -0.4 is 9.44 Å². The first-order chi connectivity index (χ1) is 10.5. The van der Waals surface area contributed by atoms with E-state index in [-0.39, 0.29) is 5.02 Å². The number of hydrogen-bond donors (Lipinski definition) is 2. The van der Waals surface area contributed by atoms with Crippen LogP contribution >= 0.6 is 11.6 Å². The van der Waals surface area contributed by atoms with Crippen molar-refractivity contribution >= 4 is 31.6 Å². The van der Waals surface area contributed by atoms with Crippen LogP contribution in [-0.2, 0) is 26.2 Å². The van der Waals surface area contributed by atoms with Crippen molar-refractivity contribution in [2.24, 2.45) is 0 Å². The van der Waals surface area contributed by atoms with E-state index in [1.54, 1.807) is 0 Å². The van der Waals surface area contributed by atoms with Crippen LogP contribution in [0.5, 0.6) is 0 Å². The Hall–Kier alpha value is -0.880. The predicted molar refractivity (Wildman–Crippen MR) is 83.7 cm³/mol. The van der Waals surface area contributed by atoms with Crippen molar-refractivity contribution in [3.8, 4) is 0 Å². The molecular formula is C12H16ClF3N2O4S2. The molecule has 1 rings (SSSR count). The maximum absolute atomic E-state index is 12.7. The summed E-state index contributed by atoms with van der Waals surface area (Å²) in [5.74, 6) is 0. The Bertz CT molecular complexity index is 821. The molecule has 24 heavy (non-hydrogen) atoms. The quantitative estimate of drug-likeness (QED) is 0.752. The third-order valence-electron chi connectivity index (χ3n) is 2.71. The molecule has 2 N–H and O–H groups in total. The van der Waals surface area contributed by atoms with Crippen LogP contribution in [0, 0.1) is 0 Å². The number of nitrogens with one attached hydrogen (secondary N) is 2. The molecule has 0 saturated heterocycles. The number of benzene rings is 1. The minimum atomic E-state index is -4.73. The molecule has 0 aliphatic rings. The molecule has 0 radical (unpaired) electrons. The van der Waals surface area contributed by atoms with Gasteiger partial charge in [0.05, 0.1) is 16.8 Å². The molecule has 0 heterocycles. The molecule has 0 atom stereocenters. The molecular weight excluding hydrogens is 393 g/mol. The Balaban J connectivity index is 3.09. The van der Waals surface area contributed by atoms with E-state index >= 15 is 0 Å². The minimum Gasteiger partial charge on any atom is -0.213 e. The molecule has 12 heteroatoms. The summed E-state index contributed by atoms with van der Waals surface area (Å²) >= 11 is 5.69. The van der Waals surface area contributed by atoms with E-state index in [1.807, 2.05) is 0 Å². The van der Waals surface area contributed by atoms with Crippen molar-refractivity contribution in [2.45, 2.75) is 30.5 Å². The molecule has 0 aliphatic heterocycles. The minimum absolute atomic E-state index is 0.385. The Morgan fingerprint density at radius 2 is 1.67 bits per heavy atom. The van der Waals surface area contributed by atoms with Crippen molar-refractivity contribution in [3.05, 3.63) is 28.8 Å². The molecule has 1 aromatic carbocycles. The van der Waals surface area contributed by atoms with E-state index in [4.69, 9.17) is 11.6 Å². The lowest BCUT2D eigenvalue weighted by Gasteiger charge is -2.25. The van der Waals surface area contributed by atoms with Crippen LogP contribution in [0.15, 0.2) is 23.1 Å². The molecule has 0 spiro atoms. The second-order valence-corrected chi connectivity index (χ2v) is 9.62. The highest BCUT2D eigenvalue weighted by molar-refractivity contribution is 7.89. The number of sulfonamides is 2. The van der Waals surface area contributed by atoms with E-state index in [1.165, 1.54) is 13.8 Å². The fourth-order valence-electron chi connectivity index (χ4n) is 1.78. The molecule has 0 saturated carbocycles. The fourth-order valence-corrected chi connectivity index (χ4v) is 4.59. The SMILES string of the molecule is CC(C)(CNS(=O)(=O)c1cc(C(F)(F)F)ccc1Cl)NS(C)(=O)=O. The maximum Gasteiger partial charge on any atom is 0.416 e. The van der Waals surface area contributed by atoms with Crippen molar-refractivity contribution < 1.29 is 30.0 Å². The second-order valence-electron chi connectivity index (χ2n) is 5.73. The summed E-state index contributed by atoms with van der Waals surface area (Å²) in [6, 6.07) is 1.91. The highest BCUT2D eigenvalue weighted by atomic mass is 35.5. The smallest absolute Gasteiger partial charge is 0.213 e. The van der Waals surface area contributed by atoms with Gasteiger partial charge in [-0.25, -0.2) is 26.3 Å². The average Bonchev–Trinajstić information content (AvgIpc) is 2.33. The van der Waals surface area contributed by atoms with Gasteiger partial charge in [0.25, 0.3) is 0 Å². The Morgan fingerprint density at radius 3 is 2.12 bits per heavy atom. The van der Waals surface area contributed by atoms with E-state index in [9.17, 15) is 30.0 Å². The largest absolute Gasteiger partial charge is 0.416 e. The second kappa shape index (κ2) is 6.79. The Kier molecular flexibility index (Phi) is 5.99. The number of alkyl halides is 3. The third kappa shape index (κ3) is 6.20. The standard InChI is InChI=1S/C12H16ClF3N2O4S2/c1-11(2,18-23(3,19)20)7-17-24(21,22)10-6-8(12(14,15)16)4-5-9(10)13/h4-6,17-18H,7H2,1-3H3. The van der Waals surface area contributed by atoms with Gasteiger partial charge in [-0.1, -0.05) is 11.6 Å². The lowest BCUT2D eigenvalue weighted by Crippen LogP contribution is -2.50. The zero-order valence-corrected chi connectivity index (χ0v) is 15.3. The van der Waals surface area contributed by atoms with Gasteiger partial charge in [0, 0.05) is 12.1 Å². The summed E-state index contributed by atoms with van der Waals surface area (Å²) in [7, 11) is -7.99. The van der Waals surface area contributed by atoms with Gasteiger partial charge in [0.15, 0.2) is 0 Å². The van der Waals surface area contributed by atoms with Crippen molar-refractivity contribution in [1.82, 2.24) is 9.44 Å². The molecule has 0 aliphatic carbocycles. The topological polar surface area (TPSA) is 92.3 Å². The van der Waals surface area contributed by atoms with E-state index in [0.29, 0.717) is 12.1 Å². The molecule has 0 bridgehead atoms. The number of rotatable bonds is 6. The predicted octanol–water partition coefficient (Wildman–Crippen LogP) is 1.96. The van der Waals surface area contributed by atoms with E-state index < -0.39 is 48.8 Å². The molecule has 1 aromatic rings. The van der Waals surface area contributed by atoms with Crippen molar-refractivity contribution in [3.63, 3.8) is 0 Å². The van der Waals surface area contributed by atoms with Gasteiger partial charge in [-0.05, 0) is 32.0 Å². The van der Waals surface area contributed by atoms with Gasteiger partial charge >= 0.3 is 6.18 Å². The van der Waals surface area contributed by atoms with Crippen LogP contribution in [0.2, 0.25) is 5.02 Å². The maximum atomic E-state index is 12.7. The normalized spacial score (nSPS) is 14.0. The third-order valence-corrected chi connectivity index (χ3v) is 5.52. The van der Waals surface area contributed by atoms with Crippen molar-refractivity contribution in [1.29, 1.82) is 0 Å². The molecule has 6 nitrogen and oxygen atoms in total. The van der Waals surface area contributed by atoms with Gasteiger partial charge in [0.1, 0.15) is 4.90 Å². The van der Waals surface area contributed by atoms with Gasteiger partial charge < -0.3 is 0 Å². The van der Waals surface area contributed by atoms with Crippen LogP contribution in [0.4, 0.5) is 13.2 Å². The van der Waals surface area contributed by atoms with Crippen molar-refractivity contribution in [2.75, 3.05) is 12.8 Å². The monoisotopic (exact) mass is 408 g/mol. The van der Waals surface area contributed by atoms with Gasteiger partial charge in [-0.15, -0.1) is 0 Å². The first kappa shape index (κ1) is 21.2. The van der Waals surface area contributed by atoms with Crippen LogP contribution in [0.25, 0.3) is 0 Å². The molecule has 138 valence electrons. The highest BCUT2D eigenvalue weighted by Gasteiger charge is 2.33. The lowest BCUT2D eigenvalue weighted by atomic mass is 10.1. The summed E-state index contributed by atoms with van der Waals surface area (Å²) in [4.78, 5) is -0.742. The van der Waals surface area contributed by atoms with Crippen LogP contribution in [0.1, 0.15) is 19.4 Å². The zero-order valence-electron chi connectivity index (χ0n) is 12.9. The summed E-state index contributed by atoms with van der Waals surface area (Å²) in [5.41, 5.74) is -2.37. The average molecular weight is 409 g/mol. The number of hydrogen-bond acceptors (Lipinski definition) is 4. The summed E-state index contributed by atoms with van der Waals surface area (Å²) < 4.78 is 89.2. The lowest BCUT2D eigenvalue weighted by molar-refractivity contribution is -0.137. The zero-order chi connectivity index (χ0) is 19.0. The first-order valence-corrected chi connectivity index (χ1v) is 10.1. The number of halogens is 4. The fraction of sp³-hybridized carbons (Fsp3) is 0.500. The van der Waals surface area contributed by atoms with Gasteiger partial charge in [-0.3, -0.25) is 0 Å². The van der Waals surface area contributed by atoms with Crippen LogP contribution in [-0.4, -0.2) is 35.2 Å². The van der Waals surface area contributed by atoms with Crippen LogP contribution in [0.3, 0.4) is 0 Å². The Labute approximate surface area is 143 Å². The Morgan fingerprint density at radius 1 is 1.12 bits per heavy atom. The van der Waals surface area contributed by atoms with Gasteiger partial charge in [0.2, 0.25) is 20.0 Å².